The summed E-state index contributed by atoms with van der Waals surface area (Å²) in [4.78, 5) is 21.0. The van der Waals surface area contributed by atoms with Gasteiger partial charge in [0, 0.05) is 11.6 Å². The van der Waals surface area contributed by atoms with Gasteiger partial charge in [-0.05, 0) is 25.5 Å². The summed E-state index contributed by atoms with van der Waals surface area (Å²) in [5, 5.41) is 24.2. The number of nitrogens with zero attached hydrogens (tertiary/aromatic N) is 2. The van der Waals surface area contributed by atoms with Gasteiger partial charge in [-0.25, -0.2) is 0 Å². The highest BCUT2D eigenvalue weighted by molar-refractivity contribution is 5.86. The molecule has 0 radical (unpaired) electrons. The molecule has 2 rings (SSSR count). The van der Waals surface area contributed by atoms with Crippen LogP contribution in [0.4, 0.5) is 5.69 Å². The molecule has 1 heterocycles. The SMILES string of the molecule is Cc1noc(C)c1-c1cc(C=O)c(O)c([N+](=O)[O-])c1. The van der Waals surface area contributed by atoms with Crippen molar-refractivity contribution in [3.05, 3.63) is 39.3 Å². The zero-order valence-electron chi connectivity index (χ0n) is 10.2. The fourth-order valence-corrected chi connectivity index (χ4v) is 1.91. The largest absolute Gasteiger partial charge is 0.502 e. The van der Waals surface area contributed by atoms with Gasteiger partial charge >= 0.3 is 5.69 Å². The standard InChI is InChI=1S/C12H10N2O5/c1-6-11(7(2)19-13-6)8-3-9(5-15)12(16)10(4-8)14(17)18/h3-5,16H,1-2H3. The number of phenolic OH excluding ortho intramolecular Hbond substituents is 1. The van der Waals surface area contributed by atoms with E-state index < -0.39 is 16.4 Å². The molecular formula is C12H10N2O5. The van der Waals surface area contributed by atoms with Gasteiger partial charge in [0.2, 0.25) is 5.75 Å². The minimum Gasteiger partial charge on any atom is -0.502 e. The van der Waals surface area contributed by atoms with Crippen LogP contribution in [0.2, 0.25) is 0 Å². The number of nitro groups is 1. The average Bonchev–Trinajstić information content (AvgIpc) is 2.69. The molecule has 0 fully saturated rings. The van der Waals surface area contributed by atoms with Crippen LogP contribution in [0, 0.1) is 24.0 Å². The molecule has 1 aromatic heterocycles. The number of aromatic hydroxyl groups is 1. The van der Waals surface area contributed by atoms with E-state index in [4.69, 9.17) is 4.52 Å². The van der Waals surface area contributed by atoms with Crippen LogP contribution in [0.25, 0.3) is 11.1 Å². The second kappa shape index (κ2) is 4.52. The van der Waals surface area contributed by atoms with Crippen molar-refractivity contribution in [3.8, 4) is 16.9 Å². The van der Waals surface area contributed by atoms with Gasteiger partial charge in [0.1, 0.15) is 5.76 Å². The van der Waals surface area contributed by atoms with Crippen molar-refractivity contribution in [3.63, 3.8) is 0 Å². The second-order valence-electron chi connectivity index (χ2n) is 4.01. The molecule has 19 heavy (non-hydrogen) atoms. The van der Waals surface area contributed by atoms with E-state index in [-0.39, 0.29) is 5.56 Å². The number of benzene rings is 1. The maximum atomic E-state index is 10.9. The lowest BCUT2D eigenvalue weighted by Crippen LogP contribution is -1.94. The van der Waals surface area contributed by atoms with Crippen molar-refractivity contribution in [1.82, 2.24) is 5.16 Å². The Bertz CT molecular complexity index is 655. The van der Waals surface area contributed by atoms with E-state index >= 15 is 0 Å². The number of phenols is 1. The molecule has 0 bridgehead atoms. The number of hydrogen-bond donors (Lipinski definition) is 1. The monoisotopic (exact) mass is 262 g/mol. The smallest absolute Gasteiger partial charge is 0.312 e. The molecule has 0 saturated carbocycles. The van der Waals surface area contributed by atoms with Crippen LogP contribution in [-0.4, -0.2) is 21.5 Å². The first-order chi connectivity index (χ1) is 8.95. The molecule has 1 N–H and O–H groups in total. The van der Waals surface area contributed by atoms with Gasteiger partial charge in [0.15, 0.2) is 6.29 Å². The van der Waals surface area contributed by atoms with Crippen LogP contribution in [0.1, 0.15) is 21.8 Å². The van der Waals surface area contributed by atoms with E-state index in [2.05, 4.69) is 5.16 Å². The van der Waals surface area contributed by atoms with Gasteiger partial charge in [-0.1, -0.05) is 5.16 Å². The van der Waals surface area contributed by atoms with Crippen molar-refractivity contribution >= 4 is 12.0 Å². The van der Waals surface area contributed by atoms with Crippen LogP contribution in [-0.2, 0) is 0 Å². The number of aldehydes is 1. The minimum atomic E-state index is -0.746. The molecule has 1 aromatic carbocycles. The Hall–Kier alpha value is -2.70. The van der Waals surface area contributed by atoms with E-state index in [1.165, 1.54) is 12.1 Å². The normalized spacial score (nSPS) is 10.4. The van der Waals surface area contributed by atoms with E-state index in [9.17, 15) is 20.0 Å². The molecule has 0 aliphatic heterocycles. The predicted molar refractivity (Wildman–Crippen MR) is 65.1 cm³/mol. The molecule has 0 aliphatic rings. The van der Waals surface area contributed by atoms with Crippen molar-refractivity contribution < 1.29 is 19.3 Å². The minimum absolute atomic E-state index is 0.149. The van der Waals surface area contributed by atoms with Crippen LogP contribution < -0.4 is 0 Å². The maximum absolute atomic E-state index is 10.9. The van der Waals surface area contributed by atoms with Crippen molar-refractivity contribution in [2.75, 3.05) is 0 Å². The van der Waals surface area contributed by atoms with Gasteiger partial charge in [0.05, 0.1) is 16.2 Å². The molecular weight excluding hydrogens is 252 g/mol. The van der Waals surface area contributed by atoms with Gasteiger partial charge in [-0.15, -0.1) is 0 Å². The number of nitro benzene ring substituents is 1. The lowest BCUT2D eigenvalue weighted by Gasteiger charge is -2.04. The third-order valence-corrected chi connectivity index (χ3v) is 2.76. The molecule has 2 aromatic rings. The highest BCUT2D eigenvalue weighted by atomic mass is 16.6. The topological polar surface area (TPSA) is 106 Å². The lowest BCUT2D eigenvalue weighted by molar-refractivity contribution is -0.385. The maximum Gasteiger partial charge on any atom is 0.312 e. The summed E-state index contributed by atoms with van der Waals surface area (Å²) in [6, 6.07) is 2.55. The molecule has 7 heteroatoms. The Morgan fingerprint density at radius 1 is 1.42 bits per heavy atom. The fraction of sp³-hybridized carbons (Fsp3) is 0.167. The van der Waals surface area contributed by atoms with Gasteiger partial charge in [-0.2, -0.15) is 0 Å². The predicted octanol–water partition coefficient (Wildman–Crippen LogP) is 2.38. The van der Waals surface area contributed by atoms with Gasteiger partial charge < -0.3 is 9.63 Å². The molecule has 0 aliphatic carbocycles. The van der Waals surface area contributed by atoms with E-state index in [0.717, 1.165) is 0 Å². The summed E-state index contributed by atoms with van der Waals surface area (Å²) in [7, 11) is 0. The summed E-state index contributed by atoms with van der Waals surface area (Å²) in [6.07, 6.45) is 0.365. The number of carbonyl (C=O) groups excluding carboxylic acids is 1. The summed E-state index contributed by atoms with van der Waals surface area (Å²) in [5.74, 6) is -0.162. The molecule has 98 valence electrons. The first-order valence-corrected chi connectivity index (χ1v) is 5.35. The average molecular weight is 262 g/mol. The second-order valence-corrected chi connectivity index (χ2v) is 4.01. The Labute approximate surface area is 107 Å². The van der Waals surface area contributed by atoms with Crippen LogP contribution in [0.15, 0.2) is 16.7 Å². The highest BCUT2D eigenvalue weighted by Crippen LogP contribution is 2.36. The summed E-state index contributed by atoms with van der Waals surface area (Å²) in [5.41, 5.74) is 0.854. The van der Waals surface area contributed by atoms with Crippen molar-refractivity contribution in [1.29, 1.82) is 0 Å². The lowest BCUT2D eigenvalue weighted by atomic mass is 10.0. The van der Waals surface area contributed by atoms with Crippen LogP contribution >= 0.6 is 0 Å². The summed E-state index contributed by atoms with van der Waals surface area (Å²) in [6.45, 7) is 3.35. The first kappa shape index (κ1) is 12.7. The van der Waals surface area contributed by atoms with E-state index in [1.807, 2.05) is 0 Å². The number of carbonyl (C=O) groups is 1. The van der Waals surface area contributed by atoms with Crippen LogP contribution in [0.3, 0.4) is 0 Å². The molecule has 0 unspecified atom stereocenters. The first-order valence-electron chi connectivity index (χ1n) is 5.35. The van der Waals surface area contributed by atoms with E-state index in [1.54, 1.807) is 13.8 Å². The number of rotatable bonds is 3. The number of aryl methyl sites for hydroxylation is 2. The van der Waals surface area contributed by atoms with Crippen molar-refractivity contribution in [2.24, 2.45) is 0 Å². The molecule has 0 amide bonds. The third kappa shape index (κ3) is 2.05. The number of hydrogen-bond acceptors (Lipinski definition) is 6. The Morgan fingerprint density at radius 3 is 2.58 bits per heavy atom. The fourth-order valence-electron chi connectivity index (χ4n) is 1.91. The Morgan fingerprint density at radius 2 is 2.11 bits per heavy atom. The quantitative estimate of drug-likeness (QED) is 0.517. The zero-order chi connectivity index (χ0) is 14.2. The van der Waals surface area contributed by atoms with Crippen molar-refractivity contribution in [2.45, 2.75) is 13.8 Å². The molecule has 7 nitrogen and oxygen atoms in total. The molecule has 0 saturated heterocycles. The number of aromatic nitrogens is 1. The Balaban J connectivity index is 2.75. The summed E-state index contributed by atoms with van der Waals surface area (Å²) < 4.78 is 4.98. The van der Waals surface area contributed by atoms with E-state index in [0.29, 0.717) is 28.9 Å². The summed E-state index contributed by atoms with van der Waals surface area (Å²) >= 11 is 0. The highest BCUT2D eigenvalue weighted by Gasteiger charge is 2.22. The van der Waals surface area contributed by atoms with Gasteiger partial charge in [0.25, 0.3) is 0 Å². The van der Waals surface area contributed by atoms with Crippen LogP contribution in [0.5, 0.6) is 5.75 Å². The molecule has 0 spiro atoms. The van der Waals surface area contributed by atoms with Gasteiger partial charge in [-0.3, -0.25) is 14.9 Å². The zero-order valence-corrected chi connectivity index (χ0v) is 10.2. The third-order valence-electron chi connectivity index (χ3n) is 2.76. The molecule has 0 atom stereocenters. The Kier molecular flexibility index (Phi) is 3.04.